The second kappa shape index (κ2) is 11.6. The lowest BCUT2D eigenvalue weighted by Crippen LogP contribution is -2.30. The van der Waals surface area contributed by atoms with Crippen LogP contribution < -0.4 is 0 Å². The van der Waals surface area contributed by atoms with Gasteiger partial charge in [-0.25, -0.2) is 9.98 Å². The molecule has 0 aliphatic carbocycles. The molecule has 0 unspecified atom stereocenters. The lowest BCUT2D eigenvalue weighted by molar-refractivity contribution is 0.467. The Hall–Kier alpha value is -3.00. The van der Waals surface area contributed by atoms with Crippen LogP contribution in [-0.2, 0) is 0 Å². The van der Waals surface area contributed by atoms with Gasteiger partial charge >= 0.3 is 0 Å². The molecule has 3 heterocycles. The van der Waals surface area contributed by atoms with Crippen LogP contribution in [0.2, 0.25) is 0 Å². The average Bonchev–Trinajstić information content (AvgIpc) is 3.70. The maximum atomic E-state index is 5.12. The van der Waals surface area contributed by atoms with Crippen molar-refractivity contribution in [3.8, 4) is 0 Å². The van der Waals surface area contributed by atoms with Gasteiger partial charge in [0.1, 0.15) is 11.7 Å². The maximum absolute atomic E-state index is 5.12. The molecule has 0 radical (unpaired) electrons. The van der Waals surface area contributed by atoms with Crippen molar-refractivity contribution in [2.75, 3.05) is 26.2 Å². The third-order valence-corrected chi connectivity index (χ3v) is 9.37. The number of benzene rings is 2. The third kappa shape index (κ3) is 5.35. The zero-order valence-corrected chi connectivity index (χ0v) is 24.2. The molecule has 0 aliphatic heterocycles. The van der Waals surface area contributed by atoms with Gasteiger partial charge < -0.3 is 9.80 Å². The average molecular weight is 545 g/mol. The van der Waals surface area contributed by atoms with Crippen LogP contribution in [0.4, 0.5) is 11.4 Å². The zero-order chi connectivity index (χ0) is 25.8. The maximum Gasteiger partial charge on any atom is 0.146 e. The third-order valence-electron chi connectivity index (χ3n) is 6.52. The molecule has 3 aromatic heterocycles. The van der Waals surface area contributed by atoms with Gasteiger partial charge in [-0.15, -0.1) is 34.0 Å². The normalized spacial score (nSPS) is 12.5. The van der Waals surface area contributed by atoms with Crippen LogP contribution in [0.1, 0.15) is 37.4 Å². The van der Waals surface area contributed by atoms with E-state index in [1.807, 2.05) is 11.3 Å². The predicted octanol–water partition coefficient (Wildman–Crippen LogP) is 9.02. The van der Waals surface area contributed by atoms with Gasteiger partial charge in [-0.05, 0) is 74.9 Å². The quantitative estimate of drug-likeness (QED) is 0.144. The summed E-state index contributed by atoms with van der Waals surface area (Å²) in [6.07, 6.45) is 0. The monoisotopic (exact) mass is 544 g/mol. The van der Waals surface area contributed by atoms with E-state index in [0.717, 1.165) is 49.2 Å². The van der Waals surface area contributed by atoms with E-state index in [1.165, 1.54) is 29.9 Å². The second-order valence-electron chi connectivity index (χ2n) is 8.63. The Morgan fingerprint density at radius 1 is 0.622 bits per heavy atom. The highest BCUT2D eigenvalue weighted by molar-refractivity contribution is 7.25. The molecule has 37 heavy (non-hydrogen) atoms. The summed E-state index contributed by atoms with van der Waals surface area (Å²) in [5.41, 5.74) is 1.99. The number of amidine groups is 2. The topological polar surface area (TPSA) is 31.2 Å². The van der Waals surface area contributed by atoms with Crippen molar-refractivity contribution in [3.05, 3.63) is 81.2 Å². The lowest BCUT2D eigenvalue weighted by atomic mass is 10.1. The standard InChI is InChI=1S/C30H32N4S3/c1-5-33(6-2)29(25-11-9-17-35-25)31-21-13-15-23-24-16-14-22(20-28(24)37-27(23)19-21)32-30(34(7-3)8-4)26-12-10-18-36-26/h9-20H,5-8H2,1-4H3. The molecule has 0 N–H and O–H groups in total. The van der Waals surface area contributed by atoms with E-state index < -0.39 is 0 Å². The van der Waals surface area contributed by atoms with Crippen molar-refractivity contribution in [1.82, 2.24) is 9.80 Å². The molecule has 5 aromatic rings. The largest absolute Gasteiger partial charge is 0.356 e. The summed E-state index contributed by atoms with van der Waals surface area (Å²) in [6.45, 7) is 12.5. The Labute approximate surface area is 231 Å². The van der Waals surface area contributed by atoms with Crippen LogP contribution in [0, 0.1) is 0 Å². The lowest BCUT2D eigenvalue weighted by Gasteiger charge is -2.22. The molecular formula is C30H32N4S3. The van der Waals surface area contributed by atoms with E-state index in [-0.39, 0.29) is 0 Å². The Bertz CT molecular complexity index is 1410. The summed E-state index contributed by atoms with van der Waals surface area (Å²) < 4.78 is 2.51. The molecule has 0 fully saturated rings. The zero-order valence-electron chi connectivity index (χ0n) is 21.8. The second-order valence-corrected chi connectivity index (χ2v) is 11.6. The molecule has 0 atom stereocenters. The molecule has 0 aliphatic rings. The van der Waals surface area contributed by atoms with Crippen LogP contribution in [0.25, 0.3) is 20.2 Å². The number of thiophene rings is 3. The molecule has 190 valence electrons. The van der Waals surface area contributed by atoms with Gasteiger partial charge in [0.2, 0.25) is 0 Å². The van der Waals surface area contributed by atoms with Crippen LogP contribution in [-0.4, -0.2) is 47.7 Å². The minimum atomic E-state index is 0.933. The SMILES string of the molecule is CCN(CC)C(=Nc1ccc2c(c1)sc1cc(N=C(c3cccs3)N(CC)CC)ccc12)c1cccs1. The predicted molar refractivity (Wildman–Crippen MR) is 166 cm³/mol. The highest BCUT2D eigenvalue weighted by Gasteiger charge is 2.14. The minimum absolute atomic E-state index is 0.933. The van der Waals surface area contributed by atoms with E-state index in [2.05, 4.69) is 109 Å². The van der Waals surface area contributed by atoms with Crippen molar-refractivity contribution in [1.29, 1.82) is 0 Å². The minimum Gasteiger partial charge on any atom is -0.356 e. The van der Waals surface area contributed by atoms with E-state index in [4.69, 9.17) is 9.98 Å². The van der Waals surface area contributed by atoms with E-state index in [0.29, 0.717) is 0 Å². The highest BCUT2D eigenvalue weighted by Crippen LogP contribution is 2.38. The number of nitrogens with zero attached hydrogens (tertiary/aromatic N) is 4. The first-order valence-corrected chi connectivity index (χ1v) is 15.4. The summed E-state index contributed by atoms with van der Waals surface area (Å²) in [6, 6.07) is 21.7. The van der Waals surface area contributed by atoms with Crippen molar-refractivity contribution >= 4 is 77.2 Å². The molecule has 4 nitrogen and oxygen atoms in total. The van der Waals surface area contributed by atoms with Crippen molar-refractivity contribution in [2.24, 2.45) is 9.98 Å². The fourth-order valence-electron chi connectivity index (χ4n) is 4.56. The van der Waals surface area contributed by atoms with Crippen molar-refractivity contribution in [2.45, 2.75) is 27.7 Å². The molecule has 0 saturated carbocycles. The Balaban J connectivity index is 1.55. The van der Waals surface area contributed by atoms with Gasteiger partial charge in [0.05, 0.1) is 21.1 Å². The highest BCUT2D eigenvalue weighted by atomic mass is 32.1. The molecule has 7 heteroatoms. The number of rotatable bonds is 8. The number of fused-ring (bicyclic) bond motifs is 3. The summed E-state index contributed by atoms with van der Waals surface area (Å²) in [5, 5.41) is 6.79. The van der Waals surface area contributed by atoms with Gasteiger partial charge in [-0.1, -0.05) is 24.3 Å². The van der Waals surface area contributed by atoms with Gasteiger partial charge in [0.25, 0.3) is 0 Å². The number of hydrogen-bond acceptors (Lipinski definition) is 5. The summed E-state index contributed by atoms with van der Waals surface area (Å²) in [4.78, 5) is 17.3. The molecule has 5 rings (SSSR count). The van der Waals surface area contributed by atoms with Crippen molar-refractivity contribution in [3.63, 3.8) is 0 Å². The van der Waals surface area contributed by atoms with Crippen LogP contribution in [0.3, 0.4) is 0 Å². The van der Waals surface area contributed by atoms with E-state index in [1.54, 1.807) is 22.7 Å². The Morgan fingerprint density at radius 2 is 1.05 bits per heavy atom. The van der Waals surface area contributed by atoms with Gasteiger partial charge in [0.15, 0.2) is 0 Å². The summed E-state index contributed by atoms with van der Waals surface area (Å²) in [7, 11) is 0. The van der Waals surface area contributed by atoms with Gasteiger partial charge in [0, 0.05) is 46.4 Å². The van der Waals surface area contributed by atoms with Crippen LogP contribution in [0.15, 0.2) is 81.4 Å². The molecule has 0 spiro atoms. The number of aliphatic imine (C=N–C) groups is 2. The molecule has 0 amide bonds. The smallest absolute Gasteiger partial charge is 0.146 e. The molecule has 0 saturated heterocycles. The van der Waals surface area contributed by atoms with Crippen LogP contribution >= 0.6 is 34.0 Å². The van der Waals surface area contributed by atoms with E-state index in [9.17, 15) is 0 Å². The Kier molecular flexibility index (Phi) is 8.03. The van der Waals surface area contributed by atoms with Crippen molar-refractivity contribution < 1.29 is 0 Å². The summed E-state index contributed by atoms with van der Waals surface area (Å²) in [5.74, 6) is 2.10. The van der Waals surface area contributed by atoms with E-state index >= 15 is 0 Å². The first kappa shape index (κ1) is 25.6. The molecule has 0 bridgehead atoms. The van der Waals surface area contributed by atoms with Gasteiger partial charge in [-0.2, -0.15) is 0 Å². The first-order valence-electron chi connectivity index (χ1n) is 12.9. The molecular weight excluding hydrogens is 513 g/mol. The summed E-state index contributed by atoms with van der Waals surface area (Å²) >= 11 is 5.30. The Morgan fingerprint density at radius 3 is 1.41 bits per heavy atom. The van der Waals surface area contributed by atoms with Gasteiger partial charge in [-0.3, -0.25) is 0 Å². The first-order chi connectivity index (χ1) is 18.1. The molecule has 2 aromatic carbocycles. The fourth-order valence-corrected chi connectivity index (χ4v) is 7.21. The number of hydrogen-bond donors (Lipinski definition) is 0. The van der Waals surface area contributed by atoms with Crippen LogP contribution in [0.5, 0.6) is 0 Å². The fraction of sp³-hybridized carbons (Fsp3) is 0.267.